The molecule has 2 atom stereocenters. The van der Waals surface area contributed by atoms with Crippen molar-refractivity contribution >= 4 is 0 Å². The van der Waals surface area contributed by atoms with Crippen molar-refractivity contribution in [2.24, 2.45) is 11.7 Å². The van der Waals surface area contributed by atoms with Crippen molar-refractivity contribution in [3.63, 3.8) is 0 Å². The number of hydrogen-bond acceptors (Lipinski definition) is 2. The van der Waals surface area contributed by atoms with Crippen LogP contribution in [0.1, 0.15) is 59.3 Å². The lowest BCUT2D eigenvalue weighted by atomic mass is 9.75. The van der Waals surface area contributed by atoms with Gasteiger partial charge < -0.3 is 5.73 Å². The lowest BCUT2D eigenvalue weighted by molar-refractivity contribution is 0.0422. The predicted molar refractivity (Wildman–Crippen MR) is 71.6 cm³/mol. The summed E-state index contributed by atoms with van der Waals surface area (Å²) < 4.78 is 0. The van der Waals surface area contributed by atoms with Crippen molar-refractivity contribution in [3.05, 3.63) is 0 Å². The van der Waals surface area contributed by atoms with E-state index >= 15 is 0 Å². The van der Waals surface area contributed by atoms with E-state index < -0.39 is 0 Å². The standard InChI is InChI=1S/C14H30N2/c1-4-6-10-16(5-2)14(12-15)9-7-8-13(3)11-14/h13H,4-12,15H2,1-3H3. The van der Waals surface area contributed by atoms with Crippen molar-refractivity contribution in [3.8, 4) is 0 Å². The Labute approximate surface area is 102 Å². The van der Waals surface area contributed by atoms with Crippen LogP contribution in [0, 0.1) is 5.92 Å². The summed E-state index contributed by atoms with van der Waals surface area (Å²) in [7, 11) is 0. The summed E-state index contributed by atoms with van der Waals surface area (Å²) in [6.07, 6.45) is 7.97. The summed E-state index contributed by atoms with van der Waals surface area (Å²) in [5.74, 6) is 0.855. The molecule has 2 unspecified atom stereocenters. The van der Waals surface area contributed by atoms with Gasteiger partial charge >= 0.3 is 0 Å². The van der Waals surface area contributed by atoms with Gasteiger partial charge in [-0.2, -0.15) is 0 Å². The Bertz CT molecular complexity index is 193. The van der Waals surface area contributed by atoms with E-state index in [1.807, 2.05) is 0 Å². The quantitative estimate of drug-likeness (QED) is 0.754. The molecule has 1 aliphatic rings. The zero-order valence-electron chi connectivity index (χ0n) is 11.5. The first-order valence-electron chi connectivity index (χ1n) is 7.13. The van der Waals surface area contributed by atoms with Crippen LogP contribution >= 0.6 is 0 Å². The van der Waals surface area contributed by atoms with E-state index in [0.29, 0.717) is 5.54 Å². The summed E-state index contributed by atoms with van der Waals surface area (Å²) in [6.45, 7) is 10.2. The van der Waals surface area contributed by atoms with Gasteiger partial charge in [0, 0.05) is 12.1 Å². The SMILES string of the molecule is CCCCN(CC)C1(CN)CCCC(C)C1. The summed E-state index contributed by atoms with van der Waals surface area (Å²) in [5.41, 5.74) is 6.43. The van der Waals surface area contributed by atoms with Crippen LogP contribution in [0.15, 0.2) is 0 Å². The molecule has 0 spiro atoms. The first-order chi connectivity index (χ1) is 7.68. The number of hydrogen-bond donors (Lipinski definition) is 1. The molecule has 2 N–H and O–H groups in total. The Morgan fingerprint density at radius 1 is 1.38 bits per heavy atom. The second-order valence-electron chi connectivity index (χ2n) is 5.56. The second kappa shape index (κ2) is 6.61. The Kier molecular flexibility index (Phi) is 5.77. The molecule has 16 heavy (non-hydrogen) atoms. The van der Waals surface area contributed by atoms with Crippen LogP contribution in [0.2, 0.25) is 0 Å². The number of likely N-dealkylation sites (N-methyl/N-ethyl adjacent to an activating group) is 1. The number of rotatable bonds is 6. The van der Waals surface area contributed by atoms with Crippen molar-refractivity contribution in [1.82, 2.24) is 4.90 Å². The van der Waals surface area contributed by atoms with Crippen molar-refractivity contribution in [2.75, 3.05) is 19.6 Å². The Hall–Kier alpha value is -0.0800. The molecule has 0 aromatic carbocycles. The van der Waals surface area contributed by atoms with Crippen LogP contribution < -0.4 is 5.73 Å². The Morgan fingerprint density at radius 2 is 2.12 bits per heavy atom. The highest BCUT2D eigenvalue weighted by Gasteiger charge is 2.37. The Morgan fingerprint density at radius 3 is 2.62 bits per heavy atom. The fourth-order valence-electron chi connectivity index (χ4n) is 3.31. The first-order valence-corrected chi connectivity index (χ1v) is 7.13. The van der Waals surface area contributed by atoms with Gasteiger partial charge in [0.1, 0.15) is 0 Å². The van der Waals surface area contributed by atoms with Crippen LogP contribution in [0.4, 0.5) is 0 Å². The lowest BCUT2D eigenvalue weighted by Crippen LogP contribution is -2.56. The average molecular weight is 226 g/mol. The smallest absolute Gasteiger partial charge is 0.0334 e. The monoisotopic (exact) mass is 226 g/mol. The first kappa shape index (κ1) is 14.0. The lowest BCUT2D eigenvalue weighted by Gasteiger charge is -2.47. The van der Waals surface area contributed by atoms with Crippen molar-refractivity contribution in [1.29, 1.82) is 0 Å². The highest BCUT2D eigenvalue weighted by atomic mass is 15.2. The molecule has 1 fully saturated rings. The molecular formula is C14H30N2. The van der Waals surface area contributed by atoms with Crippen LogP contribution in [0.5, 0.6) is 0 Å². The van der Waals surface area contributed by atoms with E-state index in [4.69, 9.17) is 5.73 Å². The fraction of sp³-hybridized carbons (Fsp3) is 1.00. The molecule has 0 radical (unpaired) electrons. The minimum absolute atomic E-state index is 0.321. The van der Waals surface area contributed by atoms with Gasteiger partial charge in [-0.1, -0.05) is 40.0 Å². The third-order valence-electron chi connectivity index (χ3n) is 4.28. The molecule has 0 aromatic heterocycles. The van der Waals surface area contributed by atoms with Gasteiger partial charge in [-0.15, -0.1) is 0 Å². The number of nitrogens with two attached hydrogens (primary N) is 1. The molecule has 0 aliphatic heterocycles. The van der Waals surface area contributed by atoms with E-state index in [0.717, 1.165) is 19.0 Å². The van der Waals surface area contributed by atoms with Gasteiger partial charge in [-0.05, 0) is 38.3 Å². The largest absolute Gasteiger partial charge is 0.329 e. The Balaban J connectivity index is 2.66. The molecule has 1 aliphatic carbocycles. The van der Waals surface area contributed by atoms with E-state index in [2.05, 4.69) is 25.7 Å². The molecule has 2 heteroatoms. The maximum Gasteiger partial charge on any atom is 0.0334 e. The third-order valence-corrected chi connectivity index (χ3v) is 4.28. The summed E-state index contributed by atoms with van der Waals surface area (Å²) >= 11 is 0. The summed E-state index contributed by atoms with van der Waals surface area (Å²) in [4.78, 5) is 2.66. The molecule has 0 bridgehead atoms. The molecule has 0 saturated heterocycles. The average Bonchev–Trinajstić information content (AvgIpc) is 2.30. The molecule has 0 heterocycles. The van der Waals surface area contributed by atoms with Crippen LogP contribution in [0.25, 0.3) is 0 Å². The van der Waals surface area contributed by atoms with E-state index in [-0.39, 0.29) is 0 Å². The number of unbranched alkanes of at least 4 members (excludes halogenated alkanes) is 1. The fourth-order valence-corrected chi connectivity index (χ4v) is 3.31. The van der Waals surface area contributed by atoms with E-state index in [9.17, 15) is 0 Å². The van der Waals surface area contributed by atoms with Gasteiger partial charge in [-0.25, -0.2) is 0 Å². The molecule has 1 rings (SSSR count). The predicted octanol–water partition coefficient (Wildman–Crippen LogP) is 3.02. The molecule has 96 valence electrons. The van der Waals surface area contributed by atoms with Gasteiger partial charge in [0.25, 0.3) is 0 Å². The third kappa shape index (κ3) is 3.21. The zero-order valence-corrected chi connectivity index (χ0v) is 11.5. The molecular weight excluding hydrogens is 196 g/mol. The van der Waals surface area contributed by atoms with E-state index in [1.54, 1.807) is 0 Å². The van der Waals surface area contributed by atoms with Gasteiger partial charge in [0.05, 0.1) is 0 Å². The van der Waals surface area contributed by atoms with Gasteiger partial charge in [0.2, 0.25) is 0 Å². The maximum atomic E-state index is 6.11. The topological polar surface area (TPSA) is 29.3 Å². The van der Waals surface area contributed by atoms with Crippen LogP contribution in [0.3, 0.4) is 0 Å². The summed E-state index contributed by atoms with van der Waals surface area (Å²) in [5, 5.41) is 0. The second-order valence-corrected chi connectivity index (χ2v) is 5.56. The van der Waals surface area contributed by atoms with Gasteiger partial charge in [0.15, 0.2) is 0 Å². The van der Waals surface area contributed by atoms with E-state index in [1.165, 1.54) is 45.1 Å². The molecule has 2 nitrogen and oxygen atoms in total. The van der Waals surface area contributed by atoms with Crippen molar-refractivity contribution in [2.45, 2.75) is 64.8 Å². The minimum Gasteiger partial charge on any atom is -0.329 e. The van der Waals surface area contributed by atoms with Crippen LogP contribution in [-0.4, -0.2) is 30.1 Å². The molecule has 1 saturated carbocycles. The van der Waals surface area contributed by atoms with Crippen molar-refractivity contribution < 1.29 is 0 Å². The molecule has 0 aromatic rings. The maximum absolute atomic E-state index is 6.11. The van der Waals surface area contributed by atoms with Gasteiger partial charge in [-0.3, -0.25) is 4.90 Å². The van der Waals surface area contributed by atoms with Crippen LogP contribution in [-0.2, 0) is 0 Å². The normalized spacial score (nSPS) is 30.9. The summed E-state index contributed by atoms with van der Waals surface area (Å²) in [6, 6.07) is 0. The minimum atomic E-state index is 0.321. The number of nitrogens with zero attached hydrogens (tertiary/aromatic N) is 1. The zero-order chi connectivity index (χ0) is 12.0. The highest BCUT2D eigenvalue weighted by Crippen LogP contribution is 2.36. The molecule has 0 amide bonds. The highest BCUT2D eigenvalue weighted by molar-refractivity contribution is 4.95.